The largest absolute Gasteiger partial charge is 0.497 e. The average molecular weight is 359 g/mol. The number of hydrogen-bond donors (Lipinski definition) is 2. The summed E-state index contributed by atoms with van der Waals surface area (Å²) in [5.74, 6) is -0.139. The molecule has 0 fully saturated rings. The van der Waals surface area contributed by atoms with Crippen molar-refractivity contribution in [2.24, 2.45) is 0 Å². The molecule has 9 heteroatoms. The molecule has 2 N–H and O–H groups in total. The number of nitro benzene ring substituents is 1. The zero-order valence-corrected chi connectivity index (χ0v) is 14.1. The smallest absolute Gasteiger partial charge is 0.269 e. The van der Waals surface area contributed by atoms with Crippen LogP contribution in [0, 0.1) is 10.1 Å². The van der Waals surface area contributed by atoms with Crippen LogP contribution >= 0.6 is 0 Å². The minimum Gasteiger partial charge on any atom is -0.497 e. The lowest BCUT2D eigenvalue weighted by atomic mass is 10.1. The maximum Gasteiger partial charge on any atom is 0.269 e. The maximum absolute atomic E-state index is 12.1. The summed E-state index contributed by atoms with van der Waals surface area (Å²) in [5.41, 5.74) is 5.34. The molecule has 0 heterocycles. The molecule has 0 saturated carbocycles. The van der Waals surface area contributed by atoms with Crippen LogP contribution in [0.25, 0.3) is 0 Å². The Kier molecular flexibility index (Phi) is 6.10. The number of rotatable bonds is 6. The fraction of sp³-hybridized carbons (Fsp3) is 0.176. The van der Waals surface area contributed by atoms with Gasteiger partial charge >= 0.3 is 0 Å². The van der Waals surface area contributed by atoms with Gasteiger partial charge in [0.05, 0.1) is 25.6 Å². The van der Waals surface area contributed by atoms with Gasteiger partial charge in [-0.05, 0) is 17.7 Å². The van der Waals surface area contributed by atoms with E-state index in [9.17, 15) is 19.7 Å². The zero-order chi connectivity index (χ0) is 19.1. The van der Waals surface area contributed by atoms with Gasteiger partial charge in [0.15, 0.2) is 0 Å². The second-order valence-corrected chi connectivity index (χ2v) is 5.20. The molecule has 0 spiro atoms. The Bertz CT molecular complexity index is 797. The number of nitrogens with zero attached hydrogens (tertiary/aromatic N) is 1. The molecular formula is C17H17N3O6. The van der Waals surface area contributed by atoms with Crippen molar-refractivity contribution in [2.75, 3.05) is 14.2 Å². The Morgan fingerprint density at radius 3 is 2.08 bits per heavy atom. The van der Waals surface area contributed by atoms with E-state index in [1.807, 2.05) is 0 Å². The van der Waals surface area contributed by atoms with Gasteiger partial charge in [0.1, 0.15) is 11.5 Å². The molecule has 2 amide bonds. The summed E-state index contributed by atoms with van der Waals surface area (Å²) in [5, 5.41) is 10.6. The van der Waals surface area contributed by atoms with E-state index in [-0.39, 0.29) is 17.7 Å². The number of methoxy groups -OCH3 is 2. The van der Waals surface area contributed by atoms with Gasteiger partial charge in [-0.25, -0.2) is 0 Å². The maximum atomic E-state index is 12.1. The van der Waals surface area contributed by atoms with Crippen LogP contribution in [0.1, 0.15) is 15.9 Å². The summed E-state index contributed by atoms with van der Waals surface area (Å²) >= 11 is 0. The Morgan fingerprint density at radius 1 is 1.00 bits per heavy atom. The summed E-state index contributed by atoms with van der Waals surface area (Å²) in [6.45, 7) is 0. The Hall–Kier alpha value is -3.62. The molecule has 0 saturated heterocycles. The highest BCUT2D eigenvalue weighted by Gasteiger charge is 2.12. The lowest BCUT2D eigenvalue weighted by Gasteiger charge is -2.10. The van der Waals surface area contributed by atoms with Crippen molar-refractivity contribution in [3.63, 3.8) is 0 Å². The fourth-order valence-electron chi connectivity index (χ4n) is 2.10. The molecule has 2 aromatic carbocycles. The van der Waals surface area contributed by atoms with Gasteiger partial charge in [-0.1, -0.05) is 12.1 Å². The molecule has 0 aliphatic carbocycles. The Balaban J connectivity index is 1.94. The molecule has 136 valence electrons. The summed E-state index contributed by atoms with van der Waals surface area (Å²) in [4.78, 5) is 34.1. The topological polar surface area (TPSA) is 120 Å². The molecule has 2 aromatic rings. The van der Waals surface area contributed by atoms with E-state index in [1.165, 1.54) is 50.6 Å². The van der Waals surface area contributed by atoms with Crippen LogP contribution in [0.3, 0.4) is 0 Å². The van der Waals surface area contributed by atoms with E-state index in [0.717, 1.165) is 0 Å². The predicted molar refractivity (Wildman–Crippen MR) is 92.0 cm³/mol. The molecular weight excluding hydrogens is 342 g/mol. The first kappa shape index (κ1) is 18.7. The Morgan fingerprint density at radius 2 is 1.58 bits per heavy atom. The number of ether oxygens (including phenoxy) is 2. The van der Waals surface area contributed by atoms with Crippen LogP contribution in [0.4, 0.5) is 5.69 Å². The number of carbonyl (C=O) groups excluding carboxylic acids is 2. The van der Waals surface area contributed by atoms with E-state index < -0.39 is 16.7 Å². The number of benzene rings is 2. The van der Waals surface area contributed by atoms with Gasteiger partial charge in [0.2, 0.25) is 5.91 Å². The monoisotopic (exact) mass is 359 g/mol. The van der Waals surface area contributed by atoms with Gasteiger partial charge in [-0.15, -0.1) is 0 Å². The first-order chi connectivity index (χ1) is 12.4. The van der Waals surface area contributed by atoms with Gasteiger partial charge in [-0.3, -0.25) is 30.6 Å². The van der Waals surface area contributed by atoms with Crippen molar-refractivity contribution in [1.29, 1.82) is 0 Å². The van der Waals surface area contributed by atoms with E-state index >= 15 is 0 Å². The molecule has 26 heavy (non-hydrogen) atoms. The number of nitrogens with one attached hydrogen (secondary N) is 2. The fourth-order valence-corrected chi connectivity index (χ4v) is 2.10. The number of carbonyl (C=O) groups is 2. The Labute approximate surface area is 149 Å². The van der Waals surface area contributed by atoms with Gasteiger partial charge in [-0.2, -0.15) is 0 Å². The zero-order valence-electron chi connectivity index (χ0n) is 14.1. The van der Waals surface area contributed by atoms with Crippen LogP contribution < -0.4 is 20.3 Å². The van der Waals surface area contributed by atoms with Crippen LogP contribution in [-0.2, 0) is 11.2 Å². The first-order valence-corrected chi connectivity index (χ1v) is 7.48. The molecule has 0 unspecified atom stereocenters. The quantitative estimate of drug-likeness (QED) is 0.597. The number of hydrogen-bond acceptors (Lipinski definition) is 6. The van der Waals surface area contributed by atoms with Crippen molar-refractivity contribution < 1.29 is 24.0 Å². The van der Waals surface area contributed by atoms with Crippen LogP contribution in [0.15, 0.2) is 42.5 Å². The molecule has 0 aliphatic rings. The normalized spacial score (nSPS) is 9.92. The summed E-state index contributed by atoms with van der Waals surface area (Å²) in [6, 6.07) is 10.2. The van der Waals surface area contributed by atoms with Crippen LogP contribution in [0.5, 0.6) is 11.5 Å². The standard InChI is InChI=1S/C17H17N3O6/c1-25-14-8-12(9-15(10-14)26-2)17(22)19-18-16(21)7-11-3-5-13(6-4-11)20(23)24/h3-6,8-10H,7H2,1-2H3,(H,18,21)(H,19,22). The third kappa shape index (κ3) is 4.94. The minimum atomic E-state index is -0.542. The first-order valence-electron chi connectivity index (χ1n) is 7.48. The molecule has 0 bridgehead atoms. The van der Waals surface area contributed by atoms with Gasteiger partial charge in [0, 0.05) is 23.8 Å². The molecule has 9 nitrogen and oxygen atoms in total. The van der Waals surface area contributed by atoms with Crippen molar-refractivity contribution in [1.82, 2.24) is 10.9 Å². The summed E-state index contributed by atoms with van der Waals surface area (Å²) in [6.07, 6.45) is -0.0420. The summed E-state index contributed by atoms with van der Waals surface area (Å²) in [7, 11) is 2.92. The number of amides is 2. The van der Waals surface area contributed by atoms with Crippen molar-refractivity contribution in [3.05, 3.63) is 63.7 Å². The van der Waals surface area contributed by atoms with Crippen LogP contribution in [-0.4, -0.2) is 31.0 Å². The highest BCUT2D eigenvalue weighted by atomic mass is 16.6. The van der Waals surface area contributed by atoms with E-state index in [0.29, 0.717) is 17.1 Å². The number of non-ortho nitro benzene ring substituents is 1. The molecule has 0 atom stereocenters. The van der Waals surface area contributed by atoms with Crippen LogP contribution in [0.2, 0.25) is 0 Å². The number of nitro groups is 1. The third-order valence-corrected chi connectivity index (χ3v) is 3.44. The van der Waals surface area contributed by atoms with Gasteiger partial charge < -0.3 is 9.47 Å². The van der Waals surface area contributed by atoms with Crippen molar-refractivity contribution >= 4 is 17.5 Å². The summed E-state index contributed by atoms with van der Waals surface area (Å²) < 4.78 is 10.2. The van der Waals surface area contributed by atoms with E-state index in [1.54, 1.807) is 6.07 Å². The lowest BCUT2D eigenvalue weighted by Crippen LogP contribution is -2.42. The molecule has 2 rings (SSSR count). The molecule has 0 radical (unpaired) electrons. The van der Waals surface area contributed by atoms with Crippen molar-refractivity contribution in [2.45, 2.75) is 6.42 Å². The van der Waals surface area contributed by atoms with Gasteiger partial charge in [0.25, 0.3) is 11.6 Å². The predicted octanol–water partition coefficient (Wildman–Crippen LogP) is 1.62. The lowest BCUT2D eigenvalue weighted by molar-refractivity contribution is -0.384. The third-order valence-electron chi connectivity index (χ3n) is 3.44. The second-order valence-electron chi connectivity index (χ2n) is 5.20. The van der Waals surface area contributed by atoms with E-state index in [2.05, 4.69) is 10.9 Å². The SMILES string of the molecule is COc1cc(OC)cc(C(=O)NNC(=O)Cc2ccc([N+](=O)[O-])cc2)c1. The highest BCUT2D eigenvalue weighted by Crippen LogP contribution is 2.22. The average Bonchev–Trinajstić information content (AvgIpc) is 2.65. The number of hydrazine groups is 1. The highest BCUT2D eigenvalue weighted by molar-refractivity contribution is 5.96. The van der Waals surface area contributed by atoms with Crippen molar-refractivity contribution in [3.8, 4) is 11.5 Å². The minimum absolute atomic E-state index is 0.0420. The second kappa shape index (κ2) is 8.47. The molecule has 0 aliphatic heterocycles. The van der Waals surface area contributed by atoms with E-state index in [4.69, 9.17) is 9.47 Å². The molecule has 0 aromatic heterocycles.